The number of nitrogens with zero attached hydrogens (tertiary/aromatic N) is 1. The number of carbonyl (C=O) groups excluding carboxylic acids is 3. The van der Waals surface area contributed by atoms with Crippen LogP contribution in [0.25, 0.3) is 0 Å². The SMILES string of the molecule is CCCC(C)(NC(=O)CN1CSCC1=O)C(=O)OC. The standard InChI is InChI=1S/C12H20N2O4S/c1-4-5-12(2,11(17)18-3)13-9(15)6-14-8-19-7-10(14)16/h4-8H2,1-3H3,(H,13,15). The van der Waals surface area contributed by atoms with Crippen LogP contribution >= 0.6 is 11.8 Å². The third-order valence-corrected chi connectivity index (χ3v) is 3.91. The topological polar surface area (TPSA) is 75.7 Å². The van der Waals surface area contributed by atoms with Gasteiger partial charge in [-0.15, -0.1) is 11.8 Å². The minimum absolute atomic E-state index is 0.0118. The zero-order chi connectivity index (χ0) is 14.5. The Morgan fingerprint density at radius 2 is 2.21 bits per heavy atom. The molecule has 0 aromatic carbocycles. The van der Waals surface area contributed by atoms with E-state index in [1.54, 1.807) is 6.92 Å². The summed E-state index contributed by atoms with van der Waals surface area (Å²) in [6, 6.07) is 0. The summed E-state index contributed by atoms with van der Waals surface area (Å²) in [6.07, 6.45) is 1.23. The minimum atomic E-state index is -1.03. The van der Waals surface area contributed by atoms with Crippen LogP contribution in [0.5, 0.6) is 0 Å². The smallest absolute Gasteiger partial charge is 0.331 e. The molecule has 1 fully saturated rings. The average Bonchev–Trinajstić information content (AvgIpc) is 2.74. The zero-order valence-corrected chi connectivity index (χ0v) is 12.3. The molecule has 0 saturated carbocycles. The summed E-state index contributed by atoms with van der Waals surface area (Å²) in [5.41, 5.74) is -1.03. The van der Waals surface area contributed by atoms with E-state index in [4.69, 9.17) is 4.74 Å². The Labute approximate surface area is 117 Å². The van der Waals surface area contributed by atoms with Gasteiger partial charge in [-0.2, -0.15) is 0 Å². The fraction of sp³-hybridized carbons (Fsp3) is 0.750. The van der Waals surface area contributed by atoms with Crippen LogP contribution in [0.4, 0.5) is 0 Å². The van der Waals surface area contributed by atoms with Gasteiger partial charge in [0.1, 0.15) is 12.1 Å². The number of hydrogen-bond acceptors (Lipinski definition) is 5. The molecule has 7 heteroatoms. The molecular formula is C12H20N2O4S. The molecule has 0 aliphatic carbocycles. The quantitative estimate of drug-likeness (QED) is 0.715. The highest BCUT2D eigenvalue weighted by Gasteiger charge is 2.36. The summed E-state index contributed by atoms with van der Waals surface area (Å²) in [6.45, 7) is 3.55. The fourth-order valence-corrected chi connectivity index (χ4v) is 2.91. The first kappa shape index (κ1) is 15.8. The van der Waals surface area contributed by atoms with Gasteiger partial charge >= 0.3 is 5.97 Å². The van der Waals surface area contributed by atoms with Crippen molar-refractivity contribution in [2.75, 3.05) is 25.3 Å². The van der Waals surface area contributed by atoms with E-state index in [0.717, 1.165) is 6.42 Å². The van der Waals surface area contributed by atoms with Crippen LogP contribution in [-0.4, -0.2) is 53.5 Å². The van der Waals surface area contributed by atoms with Crippen molar-refractivity contribution in [3.63, 3.8) is 0 Å². The Balaban J connectivity index is 2.61. The predicted octanol–water partition coefficient (Wildman–Crippen LogP) is 0.367. The molecule has 2 amide bonds. The summed E-state index contributed by atoms with van der Waals surface area (Å²) in [5.74, 6) is 0.0864. The van der Waals surface area contributed by atoms with Crippen LogP contribution in [0.3, 0.4) is 0 Å². The molecule has 1 heterocycles. The van der Waals surface area contributed by atoms with E-state index in [0.29, 0.717) is 18.1 Å². The number of methoxy groups -OCH3 is 1. The molecule has 1 atom stereocenters. The van der Waals surface area contributed by atoms with Crippen molar-refractivity contribution >= 4 is 29.5 Å². The van der Waals surface area contributed by atoms with E-state index in [1.165, 1.54) is 23.8 Å². The summed E-state index contributed by atoms with van der Waals surface area (Å²) in [7, 11) is 1.29. The van der Waals surface area contributed by atoms with Crippen LogP contribution in [0.15, 0.2) is 0 Å². The van der Waals surface area contributed by atoms with Crippen LogP contribution in [-0.2, 0) is 19.1 Å². The molecule has 0 aromatic heterocycles. The van der Waals surface area contributed by atoms with Crippen molar-refractivity contribution in [1.29, 1.82) is 0 Å². The van der Waals surface area contributed by atoms with Gasteiger partial charge in [-0.25, -0.2) is 4.79 Å². The van der Waals surface area contributed by atoms with Crippen molar-refractivity contribution in [3.05, 3.63) is 0 Å². The van der Waals surface area contributed by atoms with Gasteiger partial charge in [-0.05, 0) is 13.3 Å². The van der Waals surface area contributed by atoms with E-state index in [1.807, 2.05) is 6.92 Å². The summed E-state index contributed by atoms with van der Waals surface area (Å²) in [5, 5.41) is 2.68. The monoisotopic (exact) mass is 288 g/mol. The predicted molar refractivity (Wildman–Crippen MR) is 72.5 cm³/mol. The van der Waals surface area contributed by atoms with Crippen molar-refractivity contribution in [2.45, 2.75) is 32.2 Å². The molecule has 6 nitrogen and oxygen atoms in total. The maximum Gasteiger partial charge on any atom is 0.331 e. The van der Waals surface area contributed by atoms with Crippen molar-refractivity contribution in [2.24, 2.45) is 0 Å². The number of nitrogens with one attached hydrogen (secondary N) is 1. The van der Waals surface area contributed by atoms with E-state index in [2.05, 4.69) is 5.32 Å². The van der Waals surface area contributed by atoms with Crippen LogP contribution in [0.1, 0.15) is 26.7 Å². The van der Waals surface area contributed by atoms with Gasteiger partial charge in [0.2, 0.25) is 11.8 Å². The lowest BCUT2D eigenvalue weighted by molar-refractivity contribution is -0.150. The van der Waals surface area contributed by atoms with E-state index in [-0.39, 0.29) is 18.4 Å². The van der Waals surface area contributed by atoms with Gasteiger partial charge in [0.25, 0.3) is 0 Å². The second-order valence-corrected chi connectivity index (χ2v) is 5.65. The lowest BCUT2D eigenvalue weighted by Crippen LogP contribution is -2.55. The third-order valence-electron chi connectivity index (χ3n) is 2.96. The largest absolute Gasteiger partial charge is 0.467 e. The number of carbonyl (C=O) groups is 3. The highest BCUT2D eigenvalue weighted by molar-refractivity contribution is 8.00. The number of thioether (sulfide) groups is 1. The van der Waals surface area contributed by atoms with Crippen molar-refractivity contribution in [3.8, 4) is 0 Å². The summed E-state index contributed by atoms with van der Waals surface area (Å²) >= 11 is 1.48. The molecule has 1 N–H and O–H groups in total. The van der Waals surface area contributed by atoms with Crippen LogP contribution < -0.4 is 5.32 Å². The molecule has 0 radical (unpaired) electrons. The molecule has 1 rings (SSSR count). The molecule has 108 valence electrons. The molecule has 0 aromatic rings. The molecule has 1 aliphatic rings. The Bertz CT molecular complexity index is 375. The minimum Gasteiger partial charge on any atom is -0.467 e. The van der Waals surface area contributed by atoms with Crippen LogP contribution in [0.2, 0.25) is 0 Å². The van der Waals surface area contributed by atoms with E-state index < -0.39 is 11.5 Å². The number of amides is 2. The highest BCUT2D eigenvalue weighted by atomic mass is 32.2. The number of hydrogen-bond donors (Lipinski definition) is 1. The molecule has 1 unspecified atom stereocenters. The second-order valence-electron chi connectivity index (χ2n) is 4.69. The zero-order valence-electron chi connectivity index (χ0n) is 11.5. The summed E-state index contributed by atoms with van der Waals surface area (Å²) in [4.78, 5) is 36.6. The van der Waals surface area contributed by atoms with Crippen molar-refractivity contribution < 1.29 is 19.1 Å². The van der Waals surface area contributed by atoms with Gasteiger partial charge in [0.05, 0.1) is 18.7 Å². The maximum absolute atomic E-state index is 11.9. The molecular weight excluding hydrogens is 268 g/mol. The average molecular weight is 288 g/mol. The maximum atomic E-state index is 11.9. The fourth-order valence-electron chi connectivity index (χ4n) is 2.00. The Morgan fingerprint density at radius 3 is 2.68 bits per heavy atom. The van der Waals surface area contributed by atoms with Crippen molar-refractivity contribution in [1.82, 2.24) is 10.2 Å². The highest BCUT2D eigenvalue weighted by Crippen LogP contribution is 2.16. The van der Waals surface area contributed by atoms with E-state index >= 15 is 0 Å². The third kappa shape index (κ3) is 4.12. The molecule has 1 aliphatic heterocycles. The van der Waals surface area contributed by atoms with Gasteiger partial charge in [0, 0.05) is 0 Å². The summed E-state index contributed by atoms with van der Waals surface area (Å²) < 4.78 is 4.72. The first-order valence-corrected chi connectivity index (χ1v) is 7.33. The first-order chi connectivity index (χ1) is 8.92. The number of esters is 1. The second kappa shape index (κ2) is 6.79. The van der Waals surface area contributed by atoms with Gasteiger partial charge < -0.3 is 15.0 Å². The molecule has 19 heavy (non-hydrogen) atoms. The number of rotatable bonds is 6. The Morgan fingerprint density at radius 1 is 1.53 bits per heavy atom. The van der Waals surface area contributed by atoms with Gasteiger partial charge in [-0.1, -0.05) is 13.3 Å². The number of ether oxygens (including phenoxy) is 1. The Hall–Kier alpha value is -1.24. The first-order valence-electron chi connectivity index (χ1n) is 6.18. The van der Waals surface area contributed by atoms with E-state index in [9.17, 15) is 14.4 Å². The lowest BCUT2D eigenvalue weighted by Gasteiger charge is -2.28. The molecule has 0 spiro atoms. The van der Waals surface area contributed by atoms with Gasteiger partial charge in [-0.3, -0.25) is 9.59 Å². The lowest BCUT2D eigenvalue weighted by atomic mass is 9.96. The van der Waals surface area contributed by atoms with Gasteiger partial charge in [0.15, 0.2) is 0 Å². The molecule has 0 bridgehead atoms. The molecule has 1 saturated heterocycles. The normalized spacial score (nSPS) is 18.1. The van der Waals surface area contributed by atoms with Crippen LogP contribution in [0, 0.1) is 0 Å². The Kier molecular flexibility index (Phi) is 5.65.